The lowest BCUT2D eigenvalue weighted by atomic mass is 10.0. The summed E-state index contributed by atoms with van der Waals surface area (Å²) in [5.41, 5.74) is 1.98. The molecule has 9 heteroatoms. The van der Waals surface area contributed by atoms with Crippen LogP contribution in [0.3, 0.4) is 0 Å². The second kappa shape index (κ2) is 8.53. The van der Waals surface area contributed by atoms with E-state index >= 15 is 0 Å². The van der Waals surface area contributed by atoms with Gasteiger partial charge in [0.25, 0.3) is 5.56 Å². The number of rotatable bonds is 5. The van der Waals surface area contributed by atoms with Crippen LogP contribution in [0.1, 0.15) is 23.2 Å². The molecule has 1 unspecified atom stereocenters. The molecule has 0 fully saturated rings. The number of benzene rings is 1. The molecule has 2 atom stereocenters. The first-order chi connectivity index (χ1) is 14.8. The number of nitrogens with one attached hydrogen (secondary N) is 1. The first kappa shape index (κ1) is 21.1. The van der Waals surface area contributed by atoms with Gasteiger partial charge in [-0.05, 0) is 19.1 Å². The molecule has 2 N–H and O–H groups in total. The van der Waals surface area contributed by atoms with Crippen molar-refractivity contribution >= 4 is 40.4 Å². The maximum absolute atomic E-state index is 12.8. The third kappa shape index (κ3) is 4.33. The lowest BCUT2D eigenvalue weighted by molar-refractivity contribution is 0.0691. The summed E-state index contributed by atoms with van der Waals surface area (Å²) in [7, 11) is 0. The van der Waals surface area contributed by atoms with Crippen LogP contribution in [0.2, 0.25) is 5.15 Å². The number of fused-ring (bicyclic) bond motifs is 1. The van der Waals surface area contributed by atoms with Crippen molar-refractivity contribution in [1.29, 1.82) is 0 Å². The zero-order chi connectivity index (χ0) is 22.1. The summed E-state index contributed by atoms with van der Waals surface area (Å²) in [6.45, 7) is 2.14. The number of carboxylic acid groups (broad SMARTS) is 1. The Morgan fingerprint density at radius 1 is 1.23 bits per heavy atom. The number of carbonyl (C=O) groups is 1. The maximum atomic E-state index is 12.8. The highest BCUT2D eigenvalue weighted by Crippen LogP contribution is 2.29. The van der Waals surface area contributed by atoms with Gasteiger partial charge in [-0.3, -0.25) is 9.36 Å². The van der Waals surface area contributed by atoms with Crippen molar-refractivity contribution in [3.8, 4) is 11.3 Å². The second-order valence-electron chi connectivity index (χ2n) is 7.12. The molecule has 0 aliphatic carbocycles. The van der Waals surface area contributed by atoms with Crippen LogP contribution in [0.25, 0.3) is 16.8 Å². The lowest BCUT2D eigenvalue weighted by Gasteiger charge is -2.27. The summed E-state index contributed by atoms with van der Waals surface area (Å²) in [6, 6.07) is 13.6. The lowest BCUT2D eigenvalue weighted by Crippen LogP contribution is -2.34. The third-order valence-corrected chi connectivity index (χ3v) is 5.43. The SMILES string of the molecule is C[C@@H](Nc1ccc(Cl)nc1C(=O)O)C1=CC(Cl)Cn2c1nc(-c1ccccc1)cc2=O. The van der Waals surface area contributed by atoms with Crippen molar-refractivity contribution < 1.29 is 9.90 Å². The Hall–Kier alpha value is -3.16. The van der Waals surface area contributed by atoms with Gasteiger partial charge in [-0.25, -0.2) is 14.8 Å². The van der Waals surface area contributed by atoms with E-state index in [9.17, 15) is 14.7 Å². The molecule has 1 aliphatic rings. The molecule has 0 saturated carbocycles. The van der Waals surface area contributed by atoms with Crippen LogP contribution >= 0.6 is 23.2 Å². The predicted octanol–water partition coefficient (Wildman–Crippen LogP) is 4.16. The number of hydrogen-bond acceptors (Lipinski definition) is 5. The fourth-order valence-electron chi connectivity index (χ4n) is 3.52. The van der Waals surface area contributed by atoms with Crippen molar-refractivity contribution in [2.45, 2.75) is 24.9 Å². The molecule has 0 amide bonds. The third-order valence-electron chi connectivity index (χ3n) is 4.96. The fraction of sp³-hybridized carbons (Fsp3) is 0.182. The van der Waals surface area contributed by atoms with Crippen LogP contribution in [-0.4, -0.2) is 37.0 Å². The normalized spacial score (nSPS) is 16.2. The first-order valence-corrected chi connectivity index (χ1v) is 10.3. The molecule has 31 heavy (non-hydrogen) atoms. The van der Waals surface area contributed by atoms with Gasteiger partial charge in [0.2, 0.25) is 0 Å². The Morgan fingerprint density at radius 2 is 1.97 bits per heavy atom. The monoisotopic (exact) mass is 456 g/mol. The van der Waals surface area contributed by atoms with Crippen LogP contribution < -0.4 is 10.9 Å². The molecule has 7 nitrogen and oxygen atoms in total. The van der Waals surface area contributed by atoms with E-state index in [-0.39, 0.29) is 16.4 Å². The Morgan fingerprint density at radius 3 is 2.68 bits per heavy atom. The predicted molar refractivity (Wildman–Crippen MR) is 121 cm³/mol. The standard InChI is InChI=1S/C22H18Cl2N4O3/c1-12(25-16-7-8-18(24)27-20(16)22(30)31)15-9-14(23)11-28-19(29)10-17(26-21(15)28)13-5-3-2-4-6-13/h2-10,12,14,25H,11H2,1H3,(H,30,31)/t12-,14?/m1/s1. The Bertz CT molecular complexity index is 1240. The van der Waals surface area contributed by atoms with Gasteiger partial charge in [0, 0.05) is 23.7 Å². The van der Waals surface area contributed by atoms with Crippen molar-refractivity contribution in [3.63, 3.8) is 0 Å². The van der Waals surface area contributed by atoms with Gasteiger partial charge in [0.05, 0.1) is 22.8 Å². The highest BCUT2D eigenvalue weighted by Gasteiger charge is 2.26. The summed E-state index contributed by atoms with van der Waals surface area (Å²) < 4.78 is 1.54. The number of carboxylic acids is 1. The average molecular weight is 457 g/mol. The molecule has 1 aliphatic heterocycles. The van der Waals surface area contributed by atoms with Crippen molar-refractivity contribution in [2.75, 3.05) is 5.32 Å². The minimum Gasteiger partial charge on any atom is -0.476 e. The van der Waals surface area contributed by atoms with E-state index in [1.165, 1.54) is 16.7 Å². The van der Waals surface area contributed by atoms with Crippen LogP contribution in [-0.2, 0) is 6.54 Å². The fourth-order valence-corrected chi connectivity index (χ4v) is 3.94. The van der Waals surface area contributed by atoms with Gasteiger partial charge in [0.1, 0.15) is 11.0 Å². The molecule has 0 spiro atoms. The topological polar surface area (TPSA) is 97.1 Å². The number of allylic oxidation sites excluding steroid dienone is 1. The highest BCUT2D eigenvalue weighted by molar-refractivity contribution is 6.29. The van der Waals surface area contributed by atoms with E-state index in [4.69, 9.17) is 28.2 Å². The number of hydrogen-bond donors (Lipinski definition) is 2. The van der Waals surface area contributed by atoms with Gasteiger partial charge in [-0.15, -0.1) is 11.6 Å². The van der Waals surface area contributed by atoms with E-state index in [0.29, 0.717) is 29.3 Å². The van der Waals surface area contributed by atoms with E-state index in [0.717, 1.165) is 5.56 Å². The molecule has 0 bridgehead atoms. The zero-order valence-corrected chi connectivity index (χ0v) is 17.9. The number of pyridine rings is 1. The summed E-state index contributed by atoms with van der Waals surface area (Å²) >= 11 is 12.2. The number of halogens is 2. The number of aromatic carboxylic acids is 1. The van der Waals surface area contributed by atoms with Crippen molar-refractivity contribution in [2.24, 2.45) is 0 Å². The van der Waals surface area contributed by atoms with E-state index in [2.05, 4.69) is 10.3 Å². The molecule has 3 aromatic rings. The molecule has 0 radical (unpaired) electrons. The summed E-state index contributed by atoms with van der Waals surface area (Å²) in [5, 5.41) is 12.3. The van der Waals surface area contributed by atoms with E-state index < -0.39 is 17.4 Å². The van der Waals surface area contributed by atoms with E-state index in [1.807, 2.05) is 43.3 Å². The summed E-state index contributed by atoms with van der Waals surface area (Å²) in [5.74, 6) is -0.715. The number of anilines is 1. The number of aromatic nitrogens is 3. The highest BCUT2D eigenvalue weighted by atomic mass is 35.5. The Labute approximate surface area is 188 Å². The molecule has 1 aromatic carbocycles. The van der Waals surface area contributed by atoms with Gasteiger partial charge in [-0.2, -0.15) is 0 Å². The molecular formula is C22H18Cl2N4O3. The van der Waals surface area contributed by atoms with E-state index in [1.54, 1.807) is 6.07 Å². The quantitative estimate of drug-likeness (QED) is 0.441. The smallest absolute Gasteiger partial charge is 0.356 e. The van der Waals surface area contributed by atoms with Crippen LogP contribution in [0.4, 0.5) is 5.69 Å². The molecule has 158 valence electrons. The molecule has 0 saturated heterocycles. The maximum Gasteiger partial charge on any atom is 0.356 e. The minimum atomic E-state index is -1.20. The Kier molecular flexibility index (Phi) is 5.80. The minimum absolute atomic E-state index is 0.0828. The first-order valence-electron chi connectivity index (χ1n) is 9.53. The number of alkyl halides is 1. The van der Waals surface area contributed by atoms with Crippen LogP contribution in [0.15, 0.2) is 59.4 Å². The van der Waals surface area contributed by atoms with Gasteiger partial charge >= 0.3 is 5.97 Å². The van der Waals surface area contributed by atoms with Crippen molar-refractivity contribution in [3.05, 3.63) is 81.6 Å². The summed E-state index contributed by atoms with van der Waals surface area (Å²) in [6.07, 6.45) is 1.83. The van der Waals surface area contributed by atoms with Gasteiger partial charge in [-0.1, -0.05) is 48.0 Å². The average Bonchev–Trinajstić information content (AvgIpc) is 2.75. The van der Waals surface area contributed by atoms with Gasteiger partial charge < -0.3 is 10.4 Å². The summed E-state index contributed by atoms with van der Waals surface area (Å²) in [4.78, 5) is 33.0. The van der Waals surface area contributed by atoms with Crippen LogP contribution in [0, 0.1) is 0 Å². The van der Waals surface area contributed by atoms with Crippen LogP contribution in [0.5, 0.6) is 0 Å². The second-order valence-corrected chi connectivity index (χ2v) is 8.07. The molecule has 4 rings (SSSR count). The largest absolute Gasteiger partial charge is 0.476 e. The number of nitrogens with zero attached hydrogens (tertiary/aromatic N) is 3. The Balaban J connectivity index is 1.76. The van der Waals surface area contributed by atoms with Crippen molar-refractivity contribution in [1.82, 2.24) is 14.5 Å². The van der Waals surface area contributed by atoms with Gasteiger partial charge in [0.15, 0.2) is 5.69 Å². The molecular weight excluding hydrogens is 439 g/mol. The zero-order valence-electron chi connectivity index (χ0n) is 16.4. The molecule has 3 heterocycles. The molecule has 2 aromatic heterocycles.